The van der Waals surface area contributed by atoms with Crippen molar-refractivity contribution >= 4 is 19.0 Å². The second kappa shape index (κ2) is 7.96. The Balaban J connectivity index is 2.01. The molecule has 0 spiro atoms. The van der Waals surface area contributed by atoms with Crippen molar-refractivity contribution in [1.82, 2.24) is 14.9 Å². The molecule has 0 radical (unpaired) electrons. The van der Waals surface area contributed by atoms with Gasteiger partial charge in [-0.25, -0.2) is 4.98 Å². The van der Waals surface area contributed by atoms with E-state index < -0.39 is 30.6 Å². The molecule has 8 N–H and O–H groups in total. The minimum absolute atomic E-state index is 0.123. The van der Waals surface area contributed by atoms with E-state index >= 15 is 0 Å². The van der Waals surface area contributed by atoms with Crippen LogP contribution >= 0.6 is 0 Å². The van der Waals surface area contributed by atoms with Crippen LogP contribution in [0.15, 0.2) is 12.5 Å². The molecule has 0 aromatic carbocycles. The number of hydrogen-bond acceptors (Lipinski definition) is 7. The van der Waals surface area contributed by atoms with E-state index in [4.69, 9.17) is 21.5 Å². The molecule has 1 amide bonds. The Morgan fingerprint density at radius 1 is 1.52 bits per heavy atom. The summed E-state index contributed by atoms with van der Waals surface area (Å²) in [6, 6.07) is -0.834. The monoisotopic (exact) mass is 353 g/mol. The smallest absolute Gasteiger partial charge is 0.451 e. The Kier molecular flexibility index (Phi) is 6.17. The molecule has 0 unspecified atom stereocenters. The number of aliphatic carboxylic acids is 1. The first-order valence-electron chi connectivity index (χ1n) is 8.14. The highest BCUT2D eigenvalue weighted by molar-refractivity contribution is 6.40. The Labute approximate surface area is 145 Å². The molecule has 2 heterocycles. The van der Waals surface area contributed by atoms with Crippen LogP contribution in [0.3, 0.4) is 0 Å². The van der Waals surface area contributed by atoms with Gasteiger partial charge in [-0.05, 0) is 12.7 Å². The summed E-state index contributed by atoms with van der Waals surface area (Å²) in [5.41, 5.74) is 11.1. The van der Waals surface area contributed by atoms with Gasteiger partial charge < -0.3 is 36.5 Å². The first-order chi connectivity index (χ1) is 11.7. The number of rotatable bonds is 8. The predicted octanol–water partition coefficient (Wildman–Crippen LogP) is -2.23. The number of carbonyl (C=O) groups is 2. The summed E-state index contributed by atoms with van der Waals surface area (Å²) >= 11 is 0. The van der Waals surface area contributed by atoms with Crippen molar-refractivity contribution < 1.29 is 24.7 Å². The lowest BCUT2D eigenvalue weighted by Crippen LogP contribution is -2.55. The van der Waals surface area contributed by atoms with E-state index in [1.807, 2.05) is 0 Å². The van der Waals surface area contributed by atoms with Gasteiger partial charge >= 0.3 is 13.1 Å². The third kappa shape index (κ3) is 4.57. The number of H-pyrrole nitrogens is 1. The van der Waals surface area contributed by atoms with Crippen LogP contribution in [0.5, 0.6) is 0 Å². The van der Waals surface area contributed by atoms with Crippen molar-refractivity contribution in [3.63, 3.8) is 0 Å². The molecule has 1 aliphatic heterocycles. The predicted molar refractivity (Wildman–Crippen MR) is 89.1 cm³/mol. The number of carbonyl (C=O) groups excluding carboxylic acids is 1. The van der Waals surface area contributed by atoms with Crippen LogP contribution in [0.2, 0.25) is 6.32 Å². The van der Waals surface area contributed by atoms with Crippen molar-refractivity contribution in [2.24, 2.45) is 17.4 Å². The maximum atomic E-state index is 12.5. The fourth-order valence-electron chi connectivity index (χ4n) is 3.19. The van der Waals surface area contributed by atoms with Gasteiger partial charge in [-0.1, -0.05) is 6.42 Å². The van der Waals surface area contributed by atoms with Crippen molar-refractivity contribution in [3.05, 3.63) is 18.2 Å². The Hall–Kier alpha value is -1.95. The zero-order valence-electron chi connectivity index (χ0n) is 13.8. The standard InChI is InChI=1S/C14H24BN5O5/c16-11(4-10-5-18-8-19-10)12(21)20-6-9(2-1-3-15(24)25)14(17,7-20)13(22)23/h5,8-9,11,24-25H,1-4,6-7,16-17H2,(H,18,19)(H,22,23)/t9-,11-,14-/m0/s1. The molecule has 138 valence electrons. The molecule has 1 aliphatic rings. The maximum Gasteiger partial charge on any atom is 0.451 e. The number of carboxylic acids is 1. The highest BCUT2D eigenvalue weighted by Gasteiger charge is 2.50. The van der Waals surface area contributed by atoms with Gasteiger partial charge in [0.2, 0.25) is 5.91 Å². The summed E-state index contributed by atoms with van der Waals surface area (Å²) in [5, 5.41) is 27.3. The molecular formula is C14H24BN5O5. The number of nitrogens with two attached hydrogens (primary N) is 2. The third-order valence-corrected chi connectivity index (χ3v) is 4.65. The van der Waals surface area contributed by atoms with E-state index in [2.05, 4.69) is 9.97 Å². The van der Waals surface area contributed by atoms with Crippen molar-refractivity contribution in [3.8, 4) is 0 Å². The van der Waals surface area contributed by atoms with E-state index in [0.29, 0.717) is 18.5 Å². The third-order valence-electron chi connectivity index (χ3n) is 4.65. The lowest BCUT2D eigenvalue weighted by Gasteiger charge is -2.25. The zero-order chi connectivity index (χ0) is 18.6. The molecule has 25 heavy (non-hydrogen) atoms. The van der Waals surface area contributed by atoms with E-state index in [0.717, 1.165) is 0 Å². The first kappa shape index (κ1) is 19.4. The number of aromatic amines is 1. The minimum Gasteiger partial charge on any atom is -0.480 e. The molecule has 11 heteroatoms. The van der Waals surface area contributed by atoms with Gasteiger partial charge in [-0.15, -0.1) is 0 Å². The average Bonchev–Trinajstić information content (AvgIpc) is 3.15. The van der Waals surface area contributed by atoms with Crippen LogP contribution in [-0.4, -0.2) is 73.7 Å². The molecule has 1 saturated heterocycles. The number of imidazole rings is 1. The van der Waals surface area contributed by atoms with Gasteiger partial charge in [0.1, 0.15) is 5.54 Å². The molecule has 3 atom stereocenters. The molecule has 1 aromatic heterocycles. The topological polar surface area (TPSA) is 179 Å². The fourth-order valence-corrected chi connectivity index (χ4v) is 3.19. The van der Waals surface area contributed by atoms with Crippen LogP contribution in [0.1, 0.15) is 18.5 Å². The van der Waals surface area contributed by atoms with E-state index in [1.165, 1.54) is 11.2 Å². The van der Waals surface area contributed by atoms with Crippen molar-refractivity contribution in [2.45, 2.75) is 37.2 Å². The van der Waals surface area contributed by atoms with Gasteiger partial charge in [-0.3, -0.25) is 9.59 Å². The quantitative estimate of drug-likeness (QED) is 0.284. The number of nitrogens with zero attached hydrogens (tertiary/aromatic N) is 2. The fraction of sp³-hybridized carbons (Fsp3) is 0.643. The summed E-state index contributed by atoms with van der Waals surface area (Å²) in [6.07, 6.45) is 4.27. The number of nitrogens with one attached hydrogen (secondary N) is 1. The van der Waals surface area contributed by atoms with E-state index in [1.54, 1.807) is 6.20 Å². The summed E-state index contributed by atoms with van der Waals surface area (Å²) in [7, 11) is -1.45. The van der Waals surface area contributed by atoms with Crippen LogP contribution in [0.4, 0.5) is 0 Å². The normalized spacial score (nSPS) is 24.3. The second-order valence-corrected chi connectivity index (χ2v) is 6.54. The van der Waals surface area contributed by atoms with Gasteiger partial charge in [-0.2, -0.15) is 0 Å². The van der Waals surface area contributed by atoms with E-state index in [9.17, 15) is 14.7 Å². The second-order valence-electron chi connectivity index (χ2n) is 6.54. The molecule has 0 aliphatic carbocycles. The highest BCUT2D eigenvalue weighted by Crippen LogP contribution is 2.31. The number of likely N-dealkylation sites (tertiary alicyclic amines) is 1. The van der Waals surface area contributed by atoms with Gasteiger partial charge in [0.15, 0.2) is 0 Å². The summed E-state index contributed by atoms with van der Waals surface area (Å²) in [6.45, 7) is 0.0548. The van der Waals surface area contributed by atoms with Crippen molar-refractivity contribution in [1.29, 1.82) is 0 Å². The number of carboxylic acid groups (broad SMARTS) is 1. The SMILES string of the molecule is N[C@@H](Cc1c[nH]cn1)C(=O)N1C[C@H](CCCB(O)O)[C@](N)(C(=O)O)C1. The molecule has 1 fully saturated rings. The van der Waals surface area contributed by atoms with Crippen LogP contribution in [0, 0.1) is 5.92 Å². The maximum absolute atomic E-state index is 12.5. The number of amides is 1. The summed E-state index contributed by atoms with van der Waals surface area (Å²) in [5.74, 6) is -2.03. The lowest BCUT2D eigenvalue weighted by molar-refractivity contribution is -0.144. The molecule has 0 saturated carbocycles. The van der Waals surface area contributed by atoms with E-state index in [-0.39, 0.29) is 31.7 Å². The molecule has 2 rings (SSSR count). The largest absolute Gasteiger partial charge is 0.480 e. The Bertz CT molecular complexity index is 598. The van der Waals surface area contributed by atoms with Gasteiger partial charge in [0.05, 0.1) is 18.1 Å². The Morgan fingerprint density at radius 3 is 2.80 bits per heavy atom. The minimum atomic E-state index is -1.57. The molecular weight excluding hydrogens is 329 g/mol. The Morgan fingerprint density at radius 2 is 2.24 bits per heavy atom. The van der Waals surface area contributed by atoms with Gasteiger partial charge in [0.25, 0.3) is 0 Å². The number of hydrogen-bond donors (Lipinski definition) is 6. The highest BCUT2D eigenvalue weighted by atomic mass is 16.4. The summed E-state index contributed by atoms with van der Waals surface area (Å²) < 4.78 is 0. The van der Waals surface area contributed by atoms with Crippen LogP contribution in [0.25, 0.3) is 0 Å². The molecule has 1 aromatic rings. The molecule has 0 bridgehead atoms. The van der Waals surface area contributed by atoms with Crippen LogP contribution in [-0.2, 0) is 16.0 Å². The first-order valence-corrected chi connectivity index (χ1v) is 8.14. The average molecular weight is 353 g/mol. The lowest BCUT2D eigenvalue weighted by atomic mass is 9.78. The van der Waals surface area contributed by atoms with Crippen molar-refractivity contribution in [2.75, 3.05) is 13.1 Å². The number of aromatic nitrogens is 2. The summed E-state index contributed by atoms with van der Waals surface area (Å²) in [4.78, 5) is 32.3. The molecule has 10 nitrogen and oxygen atoms in total. The van der Waals surface area contributed by atoms with Crippen LogP contribution < -0.4 is 11.5 Å². The van der Waals surface area contributed by atoms with Gasteiger partial charge in [0, 0.05) is 31.6 Å². The zero-order valence-corrected chi connectivity index (χ0v) is 13.8.